The number of hydrogen-bond donors (Lipinski definition) is 2. The van der Waals surface area contributed by atoms with E-state index < -0.39 is 24.2 Å². The van der Waals surface area contributed by atoms with Crippen LogP contribution in [0.1, 0.15) is 59.8 Å². The van der Waals surface area contributed by atoms with Gasteiger partial charge in [-0.05, 0) is 45.6 Å². The number of carbonyl (C=O) groups excluding carboxylic acids is 2. The first kappa shape index (κ1) is 21.1. The van der Waals surface area contributed by atoms with Gasteiger partial charge in [0.25, 0.3) is 0 Å². The topological polar surface area (TPSA) is 92.7 Å². The maximum atomic E-state index is 10.9. The van der Waals surface area contributed by atoms with Gasteiger partial charge in [0.05, 0.1) is 0 Å². The molecule has 0 aromatic heterocycles. The Bertz CT molecular complexity index is 417. The summed E-state index contributed by atoms with van der Waals surface area (Å²) in [5.41, 5.74) is -0.595. The Morgan fingerprint density at radius 1 is 1.22 bits per heavy atom. The largest absolute Gasteiger partial charge is 0.480 e. The van der Waals surface area contributed by atoms with E-state index in [-0.39, 0.29) is 5.78 Å². The van der Waals surface area contributed by atoms with Gasteiger partial charge in [-0.25, -0.2) is 4.79 Å². The Balaban J connectivity index is 0.000000422. The van der Waals surface area contributed by atoms with Crippen molar-refractivity contribution in [2.45, 2.75) is 65.4 Å². The van der Waals surface area contributed by atoms with Gasteiger partial charge in [0.1, 0.15) is 12.1 Å². The summed E-state index contributed by atoms with van der Waals surface area (Å²) in [5, 5.41) is 10.3. The summed E-state index contributed by atoms with van der Waals surface area (Å²) in [6, 6.07) is 0. The molecular formula is C17H29NO5. The number of rotatable bonds is 5. The van der Waals surface area contributed by atoms with E-state index in [1.807, 2.05) is 6.92 Å². The first-order valence-electron chi connectivity index (χ1n) is 8.03. The molecule has 1 fully saturated rings. The molecule has 6 nitrogen and oxygen atoms in total. The lowest BCUT2D eigenvalue weighted by molar-refractivity contribution is -0.136. The van der Waals surface area contributed by atoms with Crippen LogP contribution in [0.4, 0.5) is 4.79 Å². The molecule has 1 aliphatic carbocycles. The molecule has 0 heterocycles. The van der Waals surface area contributed by atoms with E-state index in [9.17, 15) is 14.4 Å². The summed E-state index contributed by atoms with van der Waals surface area (Å²) in [6.07, 6.45) is 9.04. The highest BCUT2D eigenvalue weighted by Crippen LogP contribution is 2.25. The van der Waals surface area contributed by atoms with E-state index in [1.54, 1.807) is 26.8 Å². The lowest BCUT2D eigenvalue weighted by atomic mass is 10.1. The first-order valence-corrected chi connectivity index (χ1v) is 8.03. The molecule has 0 radical (unpaired) electrons. The van der Waals surface area contributed by atoms with E-state index in [0.717, 1.165) is 0 Å². The number of hydrogen-bond acceptors (Lipinski definition) is 4. The van der Waals surface area contributed by atoms with Crippen molar-refractivity contribution >= 4 is 17.8 Å². The Kier molecular flexibility index (Phi) is 9.94. The van der Waals surface area contributed by atoms with E-state index in [2.05, 4.69) is 11.4 Å². The molecule has 6 heteroatoms. The van der Waals surface area contributed by atoms with Crippen LogP contribution in [0, 0.1) is 5.92 Å². The Morgan fingerprint density at radius 3 is 2.22 bits per heavy atom. The Labute approximate surface area is 138 Å². The van der Waals surface area contributed by atoms with Gasteiger partial charge in [-0.3, -0.25) is 9.59 Å². The van der Waals surface area contributed by atoms with E-state index in [0.29, 0.717) is 12.3 Å². The van der Waals surface area contributed by atoms with Gasteiger partial charge in [-0.2, -0.15) is 0 Å². The molecule has 0 aromatic carbocycles. The predicted octanol–water partition coefficient (Wildman–Crippen LogP) is 3.31. The van der Waals surface area contributed by atoms with Crippen LogP contribution in [0.5, 0.6) is 0 Å². The highest BCUT2D eigenvalue weighted by atomic mass is 16.6. The monoisotopic (exact) mass is 327 g/mol. The third-order valence-electron chi connectivity index (χ3n) is 3.09. The number of carboxylic acid groups (broad SMARTS) is 1. The zero-order chi connectivity index (χ0) is 17.9. The average molecular weight is 327 g/mol. The molecule has 0 atom stereocenters. The number of nitrogens with one attached hydrogen (secondary N) is 1. The number of carbonyl (C=O) groups is 3. The van der Waals surface area contributed by atoms with Crippen LogP contribution in [0.25, 0.3) is 0 Å². The number of aliphatic carboxylic acids is 1. The van der Waals surface area contributed by atoms with E-state index in [4.69, 9.17) is 9.84 Å². The third-order valence-corrected chi connectivity index (χ3v) is 3.09. The number of amides is 1. The van der Waals surface area contributed by atoms with Gasteiger partial charge >= 0.3 is 12.1 Å². The third kappa shape index (κ3) is 13.5. The molecule has 0 bridgehead atoms. The van der Waals surface area contributed by atoms with Crippen molar-refractivity contribution in [3.8, 4) is 0 Å². The number of ether oxygens (including phenoxy) is 1. The summed E-state index contributed by atoms with van der Waals surface area (Å²) < 4.78 is 4.77. The summed E-state index contributed by atoms with van der Waals surface area (Å²) in [6.45, 7) is 6.59. The van der Waals surface area contributed by atoms with Crippen molar-refractivity contribution in [3.05, 3.63) is 12.2 Å². The molecule has 0 spiro atoms. The van der Waals surface area contributed by atoms with Crippen molar-refractivity contribution in [1.82, 2.24) is 5.32 Å². The van der Waals surface area contributed by atoms with E-state index in [1.165, 1.54) is 25.7 Å². The second-order valence-electron chi connectivity index (χ2n) is 6.47. The quantitative estimate of drug-likeness (QED) is 0.756. The minimum Gasteiger partial charge on any atom is -0.480 e. The van der Waals surface area contributed by atoms with Crippen LogP contribution in [-0.2, 0) is 14.3 Å². The second kappa shape index (κ2) is 10.8. The van der Waals surface area contributed by atoms with Crippen LogP contribution >= 0.6 is 0 Å². The number of alkyl carbamates (subject to hydrolysis) is 1. The molecule has 0 aliphatic heterocycles. The lowest BCUT2D eigenvalue weighted by Gasteiger charge is -2.19. The van der Waals surface area contributed by atoms with Gasteiger partial charge in [-0.15, -0.1) is 0 Å². The van der Waals surface area contributed by atoms with Crippen LogP contribution < -0.4 is 5.32 Å². The van der Waals surface area contributed by atoms with Gasteiger partial charge < -0.3 is 15.2 Å². The zero-order valence-corrected chi connectivity index (χ0v) is 14.6. The molecule has 1 amide bonds. The fourth-order valence-electron chi connectivity index (χ4n) is 1.97. The fourth-order valence-corrected chi connectivity index (χ4v) is 1.97. The highest BCUT2D eigenvalue weighted by Gasteiger charge is 2.16. The van der Waals surface area contributed by atoms with Gasteiger partial charge in [0.15, 0.2) is 5.78 Å². The minimum absolute atomic E-state index is 0.261. The minimum atomic E-state index is -1.10. The molecule has 0 saturated heterocycles. The second-order valence-corrected chi connectivity index (χ2v) is 6.47. The molecule has 2 N–H and O–H groups in total. The number of allylic oxidation sites excluding steroid dienone is 2. The Hall–Kier alpha value is -1.85. The molecule has 0 aromatic rings. The van der Waals surface area contributed by atoms with Gasteiger partial charge in [-0.1, -0.05) is 25.8 Å². The SMILES string of the molecule is CC(C)(C)OC(=O)NCC(=O)O.CCC(=O)/C=C/C1CCCC1. The average Bonchev–Trinajstić information content (AvgIpc) is 2.94. The lowest BCUT2D eigenvalue weighted by Crippen LogP contribution is -2.35. The highest BCUT2D eigenvalue weighted by molar-refractivity contribution is 5.89. The first-order chi connectivity index (χ1) is 10.6. The molecule has 1 rings (SSSR count). The normalized spacial score (nSPS) is 15.0. The molecular weight excluding hydrogens is 298 g/mol. The van der Waals surface area contributed by atoms with Crippen molar-refractivity contribution in [1.29, 1.82) is 0 Å². The number of carboxylic acids is 1. The van der Waals surface area contributed by atoms with Crippen LogP contribution in [-0.4, -0.2) is 35.1 Å². The fraction of sp³-hybridized carbons (Fsp3) is 0.706. The Morgan fingerprint density at radius 2 is 1.78 bits per heavy atom. The molecule has 23 heavy (non-hydrogen) atoms. The van der Waals surface area contributed by atoms with Crippen LogP contribution in [0.15, 0.2) is 12.2 Å². The molecule has 132 valence electrons. The summed E-state index contributed by atoms with van der Waals surface area (Å²) in [7, 11) is 0. The maximum Gasteiger partial charge on any atom is 0.408 e. The smallest absolute Gasteiger partial charge is 0.408 e. The van der Waals surface area contributed by atoms with Crippen molar-refractivity contribution in [3.63, 3.8) is 0 Å². The standard InChI is InChI=1S/C10H16O.C7H13NO4/c1-2-10(11)8-7-9-5-3-4-6-9;1-7(2,3)12-6(11)8-4-5(9)10/h7-9H,2-6H2,1H3;4H2,1-3H3,(H,8,11)(H,9,10)/b8-7+;. The predicted molar refractivity (Wildman–Crippen MR) is 88.3 cm³/mol. The summed E-state index contributed by atoms with van der Waals surface area (Å²) in [5.74, 6) is -0.136. The van der Waals surface area contributed by atoms with Crippen molar-refractivity contribution in [2.75, 3.05) is 6.54 Å². The maximum absolute atomic E-state index is 10.9. The number of ketones is 1. The summed E-state index contributed by atoms with van der Waals surface area (Å²) in [4.78, 5) is 31.6. The van der Waals surface area contributed by atoms with Crippen molar-refractivity contribution < 1.29 is 24.2 Å². The van der Waals surface area contributed by atoms with Gasteiger partial charge in [0.2, 0.25) is 0 Å². The van der Waals surface area contributed by atoms with Crippen LogP contribution in [0.2, 0.25) is 0 Å². The van der Waals surface area contributed by atoms with Crippen molar-refractivity contribution in [2.24, 2.45) is 5.92 Å². The molecule has 0 unspecified atom stereocenters. The molecule has 1 aliphatic rings. The molecule has 1 saturated carbocycles. The van der Waals surface area contributed by atoms with E-state index >= 15 is 0 Å². The van der Waals surface area contributed by atoms with Gasteiger partial charge in [0, 0.05) is 6.42 Å². The summed E-state index contributed by atoms with van der Waals surface area (Å²) >= 11 is 0. The zero-order valence-electron chi connectivity index (χ0n) is 14.6. The van der Waals surface area contributed by atoms with Crippen LogP contribution in [0.3, 0.4) is 0 Å².